The number of halogens is 3. The molecule has 0 heterocycles. The molecule has 1 nitrogen and oxygen atoms in total. The van der Waals surface area contributed by atoms with Gasteiger partial charge >= 0.3 is 0 Å². The molecule has 0 aliphatic carbocycles. The largest absolute Gasteiger partial charge is 0.324 e. The number of hydrogen-bond acceptors (Lipinski definition) is 1. The summed E-state index contributed by atoms with van der Waals surface area (Å²) in [7, 11) is 0. The van der Waals surface area contributed by atoms with Gasteiger partial charge in [-0.25, -0.2) is 13.2 Å². The molecule has 1 unspecified atom stereocenters. The molecule has 4 heteroatoms. The summed E-state index contributed by atoms with van der Waals surface area (Å²) in [5.74, 6) is -0.667. The summed E-state index contributed by atoms with van der Waals surface area (Å²) >= 11 is 0. The lowest BCUT2D eigenvalue weighted by atomic mass is 10.0. The van der Waals surface area contributed by atoms with E-state index in [2.05, 4.69) is 0 Å². The Morgan fingerprint density at radius 3 is 2.31 bits per heavy atom. The van der Waals surface area contributed by atoms with Crippen LogP contribution >= 0.6 is 0 Å². The second-order valence-corrected chi connectivity index (χ2v) is 2.86. The monoisotopic (exact) mass is 189 g/mol. The first-order valence-corrected chi connectivity index (χ1v) is 3.85. The Labute approximate surface area is 74.4 Å². The third-order valence-corrected chi connectivity index (χ3v) is 1.77. The maximum atomic E-state index is 12.6. The fourth-order valence-corrected chi connectivity index (χ4v) is 1.15. The van der Waals surface area contributed by atoms with Gasteiger partial charge in [0.05, 0.1) is 0 Å². The molecule has 0 fully saturated rings. The molecule has 1 atom stereocenters. The molecule has 1 aromatic carbocycles. The van der Waals surface area contributed by atoms with E-state index < -0.39 is 18.3 Å². The molecule has 2 N–H and O–H groups in total. The summed E-state index contributed by atoms with van der Waals surface area (Å²) in [5, 5.41) is 0. The van der Waals surface area contributed by atoms with E-state index >= 15 is 0 Å². The molecule has 0 aromatic heterocycles. The van der Waals surface area contributed by atoms with E-state index in [-0.39, 0.29) is 11.1 Å². The van der Waals surface area contributed by atoms with Gasteiger partial charge in [0.25, 0.3) is 6.43 Å². The predicted molar refractivity (Wildman–Crippen MR) is 44.0 cm³/mol. The maximum Gasteiger partial charge on any atom is 0.264 e. The Morgan fingerprint density at radius 2 is 1.85 bits per heavy atom. The van der Waals surface area contributed by atoms with Crippen LogP contribution in [-0.4, -0.2) is 0 Å². The molecule has 0 bridgehead atoms. The Bertz CT molecular complexity index is 297. The van der Waals surface area contributed by atoms with Crippen molar-refractivity contribution in [3.63, 3.8) is 0 Å². The molecule has 0 aliphatic rings. The van der Waals surface area contributed by atoms with Crippen molar-refractivity contribution in [2.75, 3.05) is 0 Å². The van der Waals surface area contributed by atoms with E-state index in [4.69, 9.17) is 5.73 Å². The lowest BCUT2D eigenvalue weighted by Gasteiger charge is -2.11. The van der Waals surface area contributed by atoms with Crippen molar-refractivity contribution in [1.29, 1.82) is 0 Å². The van der Waals surface area contributed by atoms with Crippen molar-refractivity contribution in [2.24, 2.45) is 5.73 Å². The number of nitrogens with two attached hydrogens (primary N) is 1. The van der Waals surface area contributed by atoms with Crippen LogP contribution in [0.25, 0.3) is 0 Å². The Morgan fingerprint density at radius 1 is 1.23 bits per heavy atom. The summed E-state index contributed by atoms with van der Waals surface area (Å²) in [4.78, 5) is 0. The molecular formula is C9H10F3N. The van der Waals surface area contributed by atoms with Gasteiger partial charge in [-0.3, -0.25) is 0 Å². The zero-order valence-corrected chi connectivity index (χ0v) is 7.10. The molecule has 13 heavy (non-hydrogen) atoms. The van der Waals surface area contributed by atoms with Crippen molar-refractivity contribution in [1.82, 2.24) is 0 Å². The fraction of sp³-hybridized carbons (Fsp3) is 0.333. The van der Waals surface area contributed by atoms with E-state index in [1.165, 1.54) is 6.07 Å². The highest BCUT2D eigenvalue weighted by atomic mass is 19.3. The van der Waals surface area contributed by atoms with Gasteiger partial charge in [0.2, 0.25) is 0 Å². The van der Waals surface area contributed by atoms with E-state index in [0.717, 1.165) is 12.1 Å². The van der Waals surface area contributed by atoms with Crippen LogP contribution in [0.3, 0.4) is 0 Å². The van der Waals surface area contributed by atoms with Crippen LogP contribution in [0, 0.1) is 5.82 Å². The molecule has 72 valence electrons. The summed E-state index contributed by atoms with van der Waals surface area (Å²) in [6.45, 7) is 1.58. The lowest BCUT2D eigenvalue weighted by molar-refractivity contribution is 0.149. The zero-order chi connectivity index (χ0) is 10.0. The van der Waals surface area contributed by atoms with Crippen LogP contribution in [0.1, 0.15) is 30.5 Å². The molecular weight excluding hydrogens is 179 g/mol. The minimum atomic E-state index is -2.68. The van der Waals surface area contributed by atoms with Crippen molar-refractivity contribution < 1.29 is 13.2 Å². The van der Waals surface area contributed by atoms with Gasteiger partial charge < -0.3 is 5.73 Å². The van der Waals surface area contributed by atoms with Gasteiger partial charge in [-0.1, -0.05) is 6.07 Å². The molecule has 0 radical (unpaired) electrons. The van der Waals surface area contributed by atoms with Crippen LogP contribution in [0.15, 0.2) is 18.2 Å². The number of benzene rings is 1. The van der Waals surface area contributed by atoms with E-state index in [1.54, 1.807) is 6.92 Å². The van der Waals surface area contributed by atoms with Crippen LogP contribution in [0.5, 0.6) is 0 Å². The third kappa shape index (κ3) is 2.21. The summed E-state index contributed by atoms with van der Waals surface area (Å²) in [6.07, 6.45) is -2.68. The zero-order valence-electron chi connectivity index (χ0n) is 7.10. The van der Waals surface area contributed by atoms with Crippen molar-refractivity contribution in [2.45, 2.75) is 19.4 Å². The minimum absolute atomic E-state index is 0.288. The predicted octanol–water partition coefficient (Wildman–Crippen LogP) is 2.78. The molecule has 0 saturated heterocycles. The average Bonchev–Trinajstić information content (AvgIpc) is 2.03. The fourth-order valence-electron chi connectivity index (χ4n) is 1.15. The van der Waals surface area contributed by atoms with Gasteiger partial charge in [0, 0.05) is 11.6 Å². The van der Waals surface area contributed by atoms with Gasteiger partial charge in [-0.05, 0) is 24.6 Å². The number of hydrogen-bond donors (Lipinski definition) is 1. The van der Waals surface area contributed by atoms with Crippen molar-refractivity contribution >= 4 is 0 Å². The van der Waals surface area contributed by atoms with E-state index in [9.17, 15) is 13.2 Å². The second kappa shape index (κ2) is 3.79. The number of alkyl halides is 2. The maximum absolute atomic E-state index is 12.6. The SMILES string of the molecule is CC(N)c1ccc(F)cc1C(F)F. The summed E-state index contributed by atoms with van der Waals surface area (Å²) in [6, 6.07) is 2.74. The first-order valence-electron chi connectivity index (χ1n) is 3.85. The Kier molecular flexibility index (Phi) is 2.93. The van der Waals surface area contributed by atoms with E-state index in [0.29, 0.717) is 0 Å². The second-order valence-electron chi connectivity index (χ2n) is 2.86. The van der Waals surface area contributed by atoms with Crippen LogP contribution in [0.2, 0.25) is 0 Å². The highest BCUT2D eigenvalue weighted by Crippen LogP contribution is 2.26. The average molecular weight is 189 g/mol. The Hall–Kier alpha value is -1.03. The molecule has 1 aromatic rings. The van der Waals surface area contributed by atoms with Crippen LogP contribution < -0.4 is 5.73 Å². The quantitative estimate of drug-likeness (QED) is 0.760. The molecule has 0 spiro atoms. The van der Waals surface area contributed by atoms with Crippen molar-refractivity contribution in [3.05, 3.63) is 35.1 Å². The van der Waals surface area contributed by atoms with E-state index in [1.807, 2.05) is 0 Å². The molecule has 0 aliphatic heterocycles. The van der Waals surface area contributed by atoms with Crippen LogP contribution in [-0.2, 0) is 0 Å². The lowest BCUT2D eigenvalue weighted by Crippen LogP contribution is -2.08. The topological polar surface area (TPSA) is 26.0 Å². The number of rotatable bonds is 2. The highest BCUT2D eigenvalue weighted by molar-refractivity contribution is 5.31. The van der Waals surface area contributed by atoms with Gasteiger partial charge in [-0.2, -0.15) is 0 Å². The molecule has 0 amide bonds. The normalized spacial score (nSPS) is 13.4. The first kappa shape index (κ1) is 10.1. The molecule has 0 saturated carbocycles. The van der Waals surface area contributed by atoms with Gasteiger partial charge in [0.1, 0.15) is 5.82 Å². The standard InChI is InChI=1S/C9H10F3N/c1-5(13)7-3-2-6(10)4-8(7)9(11)12/h2-5,9H,13H2,1H3. The summed E-state index contributed by atoms with van der Waals surface area (Å²) in [5.41, 5.74) is 5.41. The summed E-state index contributed by atoms with van der Waals surface area (Å²) < 4.78 is 37.3. The van der Waals surface area contributed by atoms with Crippen molar-refractivity contribution in [3.8, 4) is 0 Å². The first-order chi connectivity index (χ1) is 6.02. The van der Waals surface area contributed by atoms with Crippen LogP contribution in [0.4, 0.5) is 13.2 Å². The minimum Gasteiger partial charge on any atom is -0.324 e. The highest BCUT2D eigenvalue weighted by Gasteiger charge is 2.15. The third-order valence-electron chi connectivity index (χ3n) is 1.77. The van der Waals surface area contributed by atoms with Gasteiger partial charge in [-0.15, -0.1) is 0 Å². The molecule has 1 rings (SSSR count). The Balaban J connectivity index is 3.19. The smallest absolute Gasteiger partial charge is 0.264 e. The van der Waals surface area contributed by atoms with Gasteiger partial charge in [0.15, 0.2) is 0 Å².